The van der Waals surface area contributed by atoms with Crippen LogP contribution in [0.3, 0.4) is 0 Å². The quantitative estimate of drug-likeness (QED) is 0.195. The number of carbonyl (C=O) groups excluding carboxylic acids is 2. The summed E-state index contributed by atoms with van der Waals surface area (Å²) >= 11 is 7.92. The number of hydrogen-bond donors (Lipinski definition) is 2. The smallest absolute Gasteiger partial charge is 0.312 e. The van der Waals surface area contributed by atoms with Gasteiger partial charge in [0.25, 0.3) is 11.8 Å². The monoisotopic (exact) mass is 411 g/mol. The Morgan fingerprint density at radius 1 is 1.46 bits per heavy atom. The third-order valence-corrected chi connectivity index (χ3v) is 4.00. The maximum absolute atomic E-state index is 12.4. The van der Waals surface area contributed by atoms with Gasteiger partial charge in [0.2, 0.25) is 5.75 Å². The van der Waals surface area contributed by atoms with Gasteiger partial charge in [0.1, 0.15) is 5.57 Å². The highest BCUT2D eigenvalue weighted by Gasteiger charge is 2.32. The summed E-state index contributed by atoms with van der Waals surface area (Å²) in [7, 11) is 0. The zero-order chi connectivity index (χ0) is 18.0. The lowest BCUT2D eigenvalue weighted by Crippen LogP contribution is -2.53. The highest BCUT2D eigenvalue weighted by atomic mass is 79.9. The van der Waals surface area contributed by atoms with E-state index >= 15 is 0 Å². The van der Waals surface area contributed by atoms with Crippen LogP contribution >= 0.6 is 28.1 Å². The summed E-state index contributed by atoms with van der Waals surface area (Å²) in [5, 5.41) is 22.9. The lowest BCUT2D eigenvalue weighted by molar-refractivity contribution is -0.386. The number of phenols is 1. The Morgan fingerprint density at radius 2 is 2.12 bits per heavy atom. The molecule has 0 unspecified atom stereocenters. The average Bonchev–Trinajstić information content (AvgIpc) is 2.50. The Balaban J connectivity index is 2.51. The van der Waals surface area contributed by atoms with Crippen LogP contribution in [0, 0.1) is 10.1 Å². The van der Waals surface area contributed by atoms with Crippen molar-refractivity contribution < 1.29 is 19.6 Å². The van der Waals surface area contributed by atoms with E-state index in [9.17, 15) is 24.8 Å². The van der Waals surface area contributed by atoms with Gasteiger partial charge in [-0.15, -0.1) is 6.58 Å². The maximum atomic E-state index is 12.4. The van der Waals surface area contributed by atoms with E-state index in [0.29, 0.717) is 0 Å². The molecule has 0 atom stereocenters. The third kappa shape index (κ3) is 3.34. The molecular formula is C14H10BrN3O5S. The number of halogens is 1. The maximum Gasteiger partial charge on any atom is 0.312 e. The van der Waals surface area contributed by atoms with Crippen LogP contribution in [0.4, 0.5) is 5.69 Å². The minimum Gasteiger partial charge on any atom is -0.501 e. The standard InChI is InChI=1S/C14H10BrN3O5S/c1-2-3-17-13(21)8(12(20)16-14(17)24)4-7-5-9(15)11(19)10(6-7)18(22)23/h2,4-6,19H,1,3H2,(H,16,20,24)/b8-4+. The van der Waals surface area contributed by atoms with Crippen LogP contribution in [0.1, 0.15) is 5.56 Å². The number of hydrogen-bond acceptors (Lipinski definition) is 6. The van der Waals surface area contributed by atoms with Crippen LogP contribution in [0.15, 0.2) is 34.8 Å². The number of rotatable bonds is 4. The van der Waals surface area contributed by atoms with Crippen LogP contribution in [0.2, 0.25) is 0 Å². The predicted octanol–water partition coefficient (Wildman–Crippen LogP) is 1.88. The number of amides is 2. The van der Waals surface area contributed by atoms with Crippen molar-refractivity contribution in [1.29, 1.82) is 0 Å². The number of benzene rings is 1. The topological polar surface area (TPSA) is 113 Å². The molecule has 0 aliphatic carbocycles. The molecule has 1 saturated heterocycles. The number of thiocarbonyl (C=S) groups is 1. The van der Waals surface area contributed by atoms with E-state index in [1.807, 2.05) is 0 Å². The van der Waals surface area contributed by atoms with E-state index in [0.717, 1.165) is 11.0 Å². The zero-order valence-corrected chi connectivity index (χ0v) is 14.4. The highest BCUT2D eigenvalue weighted by molar-refractivity contribution is 9.10. The summed E-state index contributed by atoms with van der Waals surface area (Å²) in [6, 6.07) is 2.40. The highest BCUT2D eigenvalue weighted by Crippen LogP contribution is 2.35. The van der Waals surface area contributed by atoms with Crippen LogP contribution in [-0.2, 0) is 9.59 Å². The molecule has 1 aromatic rings. The molecule has 8 nitrogen and oxygen atoms in total. The number of nitrogens with one attached hydrogen (secondary N) is 1. The molecule has 0 spiro atoms. The van der Waals surface area contributed by atoms with Crippen molar-refractivity contribution in [1.82, 2.24) is 10.2 Å². The molecule has 2 rings (SSSR count). The molecule has 0 bridgehead atoms. The van der Waals surface area contributed by atoms with Gasteiger partial charge in [-0.05, 0) is 45.9 Å². The van der Waals surface area contributed by atoms with E-state index in [4.69, 9.17) is 12.2 Å². The number of phenolic OH excluding ortho intramolecular Hbond substituents is 1. The fourth-order valence-electron chi connectivity index (χ4n) is 1.98. The van der Waals surface area contributed by atoms with Crippen LogP contribution in [0.5, 0.6) is 5.75 Å². The molecule has 0 aromatic heterocycles. The molecule has 2 amide bonds. The van der Waals surface area contributed by atoms with Gasteiger partial charge >= 0.3 is 5.69 Å². The molecule has 24 heavy (non-hydrogen) atoms. The first-order valence-electron chi connectivity index (χ1n) is 6.43. The van der Waals surface area contributed by atoms with Gasteiger partial charge < -0.3 is 5.11 Å². The number of carbonyl (C=O) groups is 2. The van der Waals surface area contributed by atoms with Crippen LogP contribution in [0.25, 0.3) is 6.08 Å². The van der Waals surface area contributed by atoms with Crippen molar-refractivity contribution in [3.05, 3.63) is 50.5 Å². The first-order valence-corrected chi connectivity index (χ1v) is 7.63. The Kier molecular flexibility index (Phi) is 5.10. The third-order valence-electron chi connectivity index (χ3n) is 3.07. The van der Waals surface area contributed by atoms with E-state index in [2.05, 4.69) is 27.8 Å². The lowest BCUT2D eigenvalue weighted by atomic mass is 10.1. The second-order valence-electron chi connectivity index (χ2n) is 4.65. The Bertz CT molecular complexity index is 821. The predicted molar refractivity (Wildman–Crippen MR) is 93.1 cm³/mol. The van der Waals surface area contributed by atoms with E-state index in [1.54, 1.807) is 0 Å². The number of nitrogens with zero attached hydrogens (tertiary/aromatic N) is 2. The van der Waals surface area contributed by atoms with E-state index in [1.165, 1.54) is 18.2 Å². The van der Waals surface area contributed by atoms with Crippen molar-refractivity contribution >= 4 is 56.8 Å². The van der Waals surface area contributed by atoms with Gasteiger partial charge in [0.15, 0.2) is 5.11 Å². The van der Waals surface area contributed by atoms with Crippen LogP contribution in [-0.4, -0.2) is 38.4 Å². The summed E-state index contributed by atoms with van der Waals surface area (Å²) in [6.07, 6.45) is 2.63. The molecule has 124 valence electrons. The van der Waals surface area contributed by atoms with Crippen molar-refractivity contribution in [3.63, 3.8) is 0 Å². The normalized spacial score (nSPS) is 16.3. The molecule has 1 aromatic carbocycles. The van der Waals surface area contributed by atoms with Crippen LogP contribution < -0.4 is 5.32 Å². The molecule has 0 radical (unpaired) electrons. The number of aromatic hydroxyl groups is 1. The molecule has 10 heteroatoms. The second kappa shape index (κ2) is 6.89. The van der Waals surface area contributed by atoms with E-state index < -0.39 is 28.2 Å². The molecule has 2 N–H and O–H groups in total. The summed E-state index contributed by atoms with van der Waals surface area (Å²) in [5.74, 6) is -1.90. The largest absolute Gasteiger partial charge is 0.501 e. The summed E-state index contributed by atoms with van der Waals surface area (Å²) in [6.45, 7) is 3.62. The Morgan fingerprint density at radius 3 is 2.71 bits per heavy atom. The van der Waals surface area contributed by atoms with Gasteiger partial charge in [-0.1, -0.05) is 6.08 Å². The minimum atomic E-state index is -0.774. The first kappa shape index (κ1) is 17.8. The van der Waals surface area contributed by atoms with Gasteiger partial charge in [-0.2, -0.15) is 0 Å². The fraction of sp³-hybridized carbons (Fsp3) is 0.0714. The van der Waals surface area contributed by atoms with Gasteiger partial charge in [-0.25, -0.2) is 0 Å². The minimum absolute atomic E-state index is 0.0417. The second-order valence-corrected chi connectivity index (χ2v) is 5.89. The SMILES string of the molecule is C=CCN1C(=O)/C(=C/c2cc(Br)c(O)c([N+](=O)[O-])c2)C(=O)NC1=S. The van der Waals surface area contributed by atoms with Crippen molar-refractivity contribution in [2.75, 3.05) is 6.54 Å². The number of nitro benzene ring substituents is 1. The molecule has 1 heterocycles. The molecule has 1 aliphatic heterocycles. The average molecular weight is 412 g/mol. The Labute approximate surface area is 149 Å². The molecule has 1 aliphatic rings. The van der Waals surface area contributed by atoms with Gasteiger partial charge in [0, 0.05) is 12.6 Å². The number of nitro groups is 1. The lowest BCUT2D eigenvalue weighted by Gasteiger charge is -2.27. The van der Waals surface area contributed by atoms with E-state index in [-0.39, 0.29) is 27.3 Å². The summed E-state index contributed by atoms with van der Waals surface area (Å²) < 4.78 is 0.0608. The van der Waals surface area contributed by atoms with Gasteiger partial charge in [-0.3, -0.25) is 29.9 Å². The Hall–Kier alpha value is -2.59. The fourth-order valence-corrected chi connectivity index (χ4v) is 2.70. The zero-order valence-electron chi connectivity index (χ0n) is 12.0. The summed E-state index contributed by atoms with van der Waals surface area (Å²) in [5.41, 5.74) is -0.605. The van der Waals surface area contributed by atoms with Crippen molar-refractivity contribution in [2.24, 2.45) is 0 Å². The van der Waals surface area contributed by atoms with Crippen molar-refractivity contribution in [2.45, 2.75) is 0 Å². The molecule has 1 fully saturated rings. The first-order chi connectivity index (χ1) is 11.3. The van der Waals surface area contributed by atoms with Crippen molar-refractivity contribution in [3.8, 4) is 5.75 Å². The molecule has 0 saturated carbocycles. The van der Waals surface area contributed by atoms with Gasteiger partial charge in [0.05, 0.1) is 9.40 Å². The molecular weight excluding hydrogens is 402 g/mol. The summed E-state index contributed by atoms with van der Waals surface area (Å²) in [4.78, 5) is 35.7.